The van der Waals surface area contributed by atoms with E-state index in [1.54, 1.807) is 18.5 Å². The minimum atomic E-state index is -0.519. The van der Waals surface area contributed by atoms with Gasteiger partial charge in [-0.05, 0) is 19.3 Å². The fourth-order valence-corrected chi connectivity index (χ4v) is 5.86. The summed E-state index contributed by atoms with van der Waals surface area (Å²) in [5.41, 5.74) is 0. The SMILES string of the molecule is CCCC[P+](C)(CCCC)CCCC.N. The molecule has 0 aliphatic carbocycles. The number of rotatable bonds is 9. The van der Waals surface area contributed by atoms with Gasteiger partial charge in [-0.1, -0.05) is 40.0 Å². The second-order valence-electron chi connectivity index (χ2n) is 4.85. The van der Waals surface area contributed by atoms with Crippen LogP contribution in [0.1, 0.15) is 59.3 Å². The van der Waals surface area contributed by atoms with Crippen molar-refractivity contribution in [3.05, 3.63) is 0 Å². The van der Waals surface area contributed by atoms with Crippen molar-refractivity contribution in [1.29, 1.82) is 0 Å². The van der Waals surface area contributed by atoms with Gasteiger partial charge in [0.15, 0.2) is 0 Å². The molecule has 0 saturated heterocycles. The molecule has 3 N–H and O–H groups in total. The smallest absolute Gasteiger partial charge is 0.0591 e. The molecular formula is C13H33NP+. The maximum Gasteiger partial charge on any atom is 0.0591 e. The lowest BCUT2D eigenvalue weighted by Crippen LogP contribution is -2.07. The topological polar surface area (TPSA) is 35.0 Å². The fraction of sp³-hybridized carbons (Fsp3) is 1.00. The Labute approximate surface area is 98.3 Å². The molecule has 15 heavy (non-hydrogen) atoms. The monoisotopic (exact) mass is 234 g/mol. The minimum absolute atomic E-state index is 0. The average Bonchev–Trinajstić information content (AvgIpc) is 2.21. The Hall–Kier alpha value is 0.390. The molecule has 0 fully saturated rings. The highest BCUT2D eigenvalue weighted by Crippen LogP contribution is 2.57. The van der Waals surface area contributed by atoms with E-state index in [0.29, 0.717) is 0 Å². The first-order valence-corrected chi connectivity index (χ1v) is 9.31. The third-order valence-electron chi connectivity index (χ3n) is 3.15. The van der Waals surface area contributed by atoms with Crippen LogP contribution in [0.2, 0.25) is 0 Å². The van der Waals surface area contributed by atoms with Gasteiger partial charge in [-0.25, -0.2) is 0 Å². The van der Waals surface area contributed by atoms with Gasteiger partial charge >= 0.3 is 0 Å². The molecule has 0 bridgehead atoms. The molecule has 0 unspecified atom stereocenters. The van der Waals surface area contributed by atoms with Crippen LogP contribution in [0.15, 0.2) is 0 Å². The molecule has 0 radical (unpaired) electrons. The highest BCUT2D eigenvalue weighted by atomic mass is 31.2. The van der Waals surface area contributed by atoms with Crippen molar-refractivity contribution in [2.45, 2.75) is 59.3 Å². The minimum Gasteiger partial charge on any atom is -0.344 e. The Balaban J connectivity index is 0. The maximum atomic E-state index is 2.62. The van der Waals surface area contributed by atoms with Crippen molar-refractivity contribution >= 4 is 7.26 Å². The first-order chi connectivity index (χ1) is 6.68. The summed E-state index contributed by atoms with van der Waals surface area (Å²) in [6.07, 6.45) is 13.2. The normalized spacial score (nSPS) is 11.2. The molecule has 0 saturated carbocycles. The second kappa shape index (κ2) is 10.9. The third-order valence-corrected chi connectivity index (χ3v) is 7.34. The molecule has 0 aromatic carbocycles. The lowest BCUT2D eigenvalue weighted by atomic mass is 10.4. The van der Waals surface area contributed by atoms with Crippen LogP contribution in [0.25, 0.3) is 0 Å². The molecule has 0 amide bonds. The molecule has 0 aliphatic heterocycles. The van der Waals surface area contributed by atoms with E-state index < -0.39 is 7.26 Å². The van der Waals surface area contributed by atoms with E-state index in [9.17, 15) is 0 Å². The molecule has 94 valence electrons. The highest BCUT2D eigenvalue weighted by Gasteiger charge is 2.28. The van der Waals surface area contributed by atoms with E-state index in [1.807, 2.05) is 0 Å². The van der Waals surface area contributed by atoms with Gasteiger partial charge in [-0.15, -0.1) is 0 Å². The van der Waals surface area contributed by atoms with E-state index in [0.717, 1.165) is 0 Å². The predicted molar refractivity (Wildman–Crippen MR) is 77.2 cm³/mol. The Kier molecular flexibility index (Phi) is 12.9. The van der Waals surface area contributed by atoms with Gasteiger partial charge in [0.1, 0.15) is 0 Å². The quantitative estimate of drug-likeness (QED) is 0.547. The van der Waals surface area contributed by atoms with Crippen molar-refractivity contribution in [2.75, 3.05) is 25.2 Å². The van der Waals surface area contributed by atoms with Gasteiger partial charge in [0, 0.05) is 13.9 Å². The van der Waals surface area contributed by atoms with Gasteiger partial charge in [0.25, 0.3) is 0 Å². The molecule has 0 aliphatic rings. The molecule has 0 spiro atoms. The van der Waals surface area contributed by atoms with Crippen LogP contribution in [0.4, 0.5) is 0 Å². The largest absolute Gasteiger partial charge is 0.344 e. The zero-order valence-electron chi connectivity index (χ0n) is 11.5. The lowest BCUT2D eigenvalue weighted by molar-refractivity contribution is 0.838. The molecule has 0 heterocycles. The number of hydrogen-bond donors (Lipinski definition) is 1. The van der Waals surface area contributed by atoms with Crippen molar-refractivity contribution in [3.8, 4) is 0 Å². The highest BCUT2D eigenvalue weighted by molar-refractivity contribution is 7.75. The van der Waals surface area contributed by atoms with Crippen molar-refractivity contribution in [2.24, 2.45) is 0 Å². The molecule has 2 heteroatoms. The zero-order chi connectivity index (χ0) is 10.9. The van der Waals surface area contributed by atoms with Crippen molar-refractivity contribution in [3.63, 3.8) is 0 Å². The Morgan fingerprint density at radius 2 is 0.933 bits per heavy atom. The predicted octanol–water partition coefficient (Wildman–Crippen LogP) is 5.20. The standard InChI is InChI=1S/C13H30P.H3N/c1-5-8-11-14(4,12-9-6-2)13-10-7-3;/h5-13H2,1-4H3;1H3/q+1;. The molecule has 0 rings (SSSR count). The molecule has 0 aromatic heterocycles. The summed E-state index contributed by atoms with van der Waals surface area (Å²) in [5, 5.41) is 0. The Morgan fingerprint density at radius 1 is 0.667 bits per heavy atom. The number of unbranched alkanes of at least 4 members (excludes halogenated alkanes) is 3. The van der Waals surface area contributed by atoms with Crippen LogP contribution >= 0.6 is 7.26 Å². The third kappa shape index (κ3) is 9.33. The molecule has 0 atom stereocenters. The van der Waals surface area contributed by atoms with Gasteiger partial charge in [0.05, 0.1) is 18.5 Å². The van der Waals surface area contributed by atoms with Crippen LogP contribution in [-0.2, 0) is 0 Å². The summed E-state index contributed by atoms with van der Waals surface area (Å²) in [6.45, 7) is 9.59. The van der Waals surface area contributed by atoms with Gasteiger partial charge < -0.3 is 6.15 Å². The van der Waals surface area contributed by atoms with Crippen LogP contribution in [0.5, 0.6) is 0 Å². The fourth-order valence-electron chi connectivity index (χ4n) is 1.95. The number of hydrogen-bond acceptors (Lipinski definition) is 1. The summed E-state index contributed by atoms with van der Waals surface area (Å²) in [4.78, 5) is 0. The van der Waals surface area contributed by atoms with E-state index >= 15 is 0 Å². The van der Waals surface area contributed by atoms with E-state index in [2.05, 4.69) is 27.4 Å². The van der Waals surface area contributed by atoms with Gasteiger partial charge in [-0.2, -0.15) is 0 Å². The van der Waals surface area contributed by atoms with E-state index in [4.69, 9.17) is 0 Å². The molecular weight excluding hydrogens is 201 g/mol. The second-order valence-corrected chi connectivity index (χ2v) is 9.43. The summed E-state index contributed by atoms with van der Waals surface area (Å²) < 4.78 is 0. The van der Waals surface area contributed by atoms with E-state index in [-0.39, 0.29) is 6.15 Å². The maximum absolute atomic E-state index is 2.62. The van der Waals surface area contributed by atoms with Crippen LogP contribution in [-0.4, -0.2) is 25.2 Å². The first-order valence-electron chi connectivity index (χ1n) is 6.52. The van der Waals surface area contributed by atoms with Crippen LogP contribution in [0.3, 0.4) is 0 Å². The summed E-state index contributed by atoms with van der Waals surface area (Å²) >= 11 is 0. The average molecular weight is 234 g/mol. The van der Waals surface area contributed by atoms with Gasteiger partial charge in [0.2, 0.25) is 0 Å². The van der Waals surface area contributed by atoms with Gasteiger partial charge in [-0.3, -0.25) is 0 Å². The Morgan fingerprint density at radius 3 is 1.13 bits per heavy atom. The molecule has 1 nitrogen and oxygen atoms in total. The summed E-state index contributed by atoms with van der Waals surface area (Å²) in [7, 11) is -0.519. The van der Waals surface area contributed by atoms with Crippen LogP contribution in [0, 0.1) is 0 Å². The lowest BCUT2D eigenvalue weighted by Gasteiger charge is -2.22. The first kappa shape index (κ1) is 17.8. The Bertz CT molecular complexity index is 104. The van der Waals surface area contributed by atoms with Crippen LogP contribution < -0.4 is 6.15 Å². The van der Waals surface area contributed by atoms with Crippen molar-refractivity contribution in [1.82, 2.24) is 6.15 Å². The zero-order valence-corrected chi connectivity index (χ0v) is 12.4. The molecule has 0 aromatic rings. The van der Waals surface area contributed by atoms with E-state index in [1.165, 1.54) is 38.5 Å². The van der Waals surface area contributed by atoms with Crippen molar-refractivity contribution < 1.29 is 0 Å². The summed E-state index contributed by atoms with van der Waals surface area (Å²) in [5.74, 6) is 0. The summed E-state index contributed by atoms with van der Waals surface area (Å²) in [6, 6.07) is 0.